The molecule has 1 aliphatic heterocycles. The van der Waals surface area contributed by atoms with Crippen LogP contribution in [0.1, 0.15) is 38.5 Å². The van der Waals surface area contributed by atoms with E-state index in [2.05, 4.69) is 11.9 Å². The van der Waals surface area contributed by atoms with E-state index in [0.717, 1.165) is 19.3 Å². The minimum absolute atomic E-state index is 0.497. The van der Waals surface area contributed by atoms with Crippen LogP contribution in [-0.4, -0.2) is 30.3 Å². The maximum Gasteiger partial charge on any atom is 0.133 e. The van der Waals surface area contributed by atoms with Crippen molar-refractivity contribution in [2.24, 2.45) is 5.92 Å². The Morgan fingerprint density at radius 2 is 2.15 bits per heavy atom. The van der Waals surface area contributed by atoms with E-state index >= 15 is 0 Å². The van der Waals surface area contributed by atoms with Gasteiger partial charge in [-0.25, -0.2) is 0 Å². The van der Waals surface area contributed by atoms with E-state index < -0.39 is 0 Å². The van der Waals surface area contributed by atoms with Crippen molar-refractivity contribution in [2.75, 3.05) is 13.6 Å². The molecule has 1 saturated heterocycles. The Labute approximate surface area is 80.3 Å². The van der Waals surface area contributed by atoms with Gasteiger partial charge in [-0.2, -0.15) is 0 Å². The van der Waals surface area contributed by atoms with Crippen molar-refractivity contribution in [3.8, 4) is 0 Å². The van der Waals surface area contributed by atoms with Gasteiger partial charge in [0.05, 0.1) is 0 Å². The van der Waals surface area contributed by atoms with Crippen LogP contribution in [0.5, 0.6) is 0 Å². The van der Waals surface area contributed by atoms with Crippen molar-refractivity contribution < 1.29 is 4.79 Å². The molecule has 2 atom stereocenters. The van der Waals surface area contributed by atoms with E-state index in [1.54, 1.807) is 0 Å². The molecule has 0 N–H and O–H groups in total. The summed E-state index contributed by atoms with van der Waals surface area (Å²) in [5, 5.41) is 0. The molecule has 1 aliphatic carbocycles. The molecule has 1 saturated carbocycles. The molecule has 0 bridgehead atoms. The first kappa shape index (κ1) is 9.20. The lowest BCUT2D eigenvalue weighted by Gasteiger charge is -2.31. The molecule has 74 valence electrons. The molecule has 13 heavy (non-hydrogen) atoms. The van der Waals surface area contributed by atoms with Crippen LogP contribution in [0, 0.1) is 5.92 Å². The van der Waals surface area contributed by atoms with E-state index in [-0.39, 0.29) is 0 Å². The van der Waals surface area contributed by atoms with Crippen LogP contribution in [0.25, 0.3) is 0 Å². The average molecular weight is 181 g/mol. The van der Waals surface area contributed by atoms with Gasteiger partial charge in [-0.1, -0.05) is 0 Å². The first-order valence-electron chi connectivity index (χ1n) is 5.49. The van der Waals surface area contributed by atoms with Gasteiger partial charge in [-0.15, -0.1) is 0 Å². The lowest BCUT2D eigenvalue weighted by atomic mass is 9.82. The van der Waals surface area contributed by atoms with Crippen molar-refractivity contribution in [2.45, 2.75) is 44.6 Å². The van der Waals surface area contributed by atoms with Gasteiger partial charge in [-0.3, -0.25) is 4.79 Å². The summed E-state index contributed by atoms with van der Waals surface area (Å²) >= 11 is 0. The summed E-state index contributed by atoms with van der Waals surface area (Å²) in [6.07, 6.45) is 6.75. The number of Topliss-reactive ketones (excluding diaryl/α,β-unsaturated/α-hetero) is 1. The number of hydrogen-bond donors (Lipinski definition) is 0. The third-order valence-electron chi connectivity index (χ3n) is 3.64. The van der Waals surface area contributed by atoms with Crippen molar-refractivity contribution in [3.63, 3.8) is 0 Å². The van der Waals surface area contributed by atoms with Gasteiger partial charge in [0.1, 0.15) is 5.78 Å². The van der Waals surface area contributed by atoms with E-state index in [1.807, 2.05) is 0 Å². The maximum absolute atomic E-state index is 11.3. The molecule has 2 unspecified atom stereocenters. The standard InChI is InChI=1S/C11H19NO/c1-12-7-3-6-11(12)9-4-2-5-10(13)8-9/h9,11H,2-8H2,1H3. The topological polar surface area (TPSA) is 20.3 Å². The summed E-state index contributed by atoms with van der Waals surface area (Å²) < 4.78 is 0. The van der Waals surface area contributed by atoms with Crippen LogP contribution >= 0.6 is 0 Å². The summed E-state index contributed by atoms with van der Waals surface area (Å²) in [7, 11) is 2.21. The monoisotopic (exact) mass is 181 g/mol. The summed E-state index contributed by atoms with van der Waals surface area (Å²) in [4.78, 5) is 13.8. The first-order chi connectivity index (χ1) is 6.27. The third-order valence-corrected chi connectivity index (χ3v) is 3.64. The number of likely N-dealkylation sites (tertiary alicyclic amines) is 1. The summed E-state index contributed by atoms with van der Waals surface area (Å²) in [6.45, 7) is 1.23. The molecule has 2 rings (SSSR count). The molecule has 0 spiro atoms. The smallest absolute Gasteiger partial charge is 0.133 e. The van der Waals surface area contributed by atoms with E-state index in [0.29, 0.717) is 17.7 Å². The number of carbonyl (C=O) groups excluding carboxylic acids is 1. The zero-order chi connectivity index (χ0) is 9.26. The molecule has 1 heterocycles. The predicted octanol–water partition coefficient (Wildman–Crippen LogP) is 1.84. The molecule has 2 aliphatic rings. The van der Waals surface area contributed by atoms with Crippen LogP contribution in [0.15, 0.2) is 0 Å². The Morgan fingerprint density at radius 1 is 1.31 bits per heavy atom. The summed E-state index contributed by atoms with van der Waals surface area (Å²) in [6, 6.07) is 0.712. The second kappa shape index (κ2) is 3.79. The first-order valence-corrected chi connectivity index (χ1v) is 5.49. The van der Waals surface area contributed by atoms with E-state index in [9.17, 15) is 4.79 Å². The van der Waals surface area contributed by atoms with Crippen molar-refractivity contribution in [3.05, 3.63) is 0 Å². The van der Waals surface area contributed by atoms with Gasteiger partial charge >= 0.3 is 0 Å². The predicted molar refractivity (Wildman–Crippen MR) is 52.6 cm³/mol. The quantitative estimate of drug-likeness (QED) is 0.615. The lowest BCUT2D eigenvalue weighted by Crippen LogP contribution is -2.35. The fourth-order valence-electron chi connectivity index (χ4n) is 2.92. The number of hydrogen-bond acceptors (Lipinski definition) is 2. The van der Waals surface area contributed by atoms with Crippen molar-refractivity contribution >= 4 is 5.78 Å². The molecule has 0 aromatic rings. The summed E-state index contributed by atoms with van der Waals surface area (Å²) in [5.74, 6) is 1.17. The lowest BCUT2D eigenvalue weighted by molar-refractivity contribution is -0.122. The third kappa shape index (κ3) is 1.93. The molecule has 2 fully saturated rings. The van der Waals surface area contributed by atoms with Crippen LogP contribution in [0.4, 0.5) is 0 Å². The van der Waals surface area contributed by atoms with Crippen LogP contribution in [-0.2, 0) is 4.79 Å². The SMILES string of the molecule is CN1CCCC1C1CCCC(=O)C1. The number of rotatable bonds is 1. The van der Waals surface area contributed by atoms with Gasteiger partial charge in [-0.05, 0) is 45.2 Å². The Kier molecular flexibility index (Phi) is 2.68. The highest BCUT2D eigenvalue weighted by Crippen LogP contribution is 2.31. The number of ketones is 1. The molecule has 0 radical (unpaired) electrons. The van der Waals surface area contributed by atoms with E-state index in [1.165, 1.54) is 25.8 Å². The second-order valence-corrected chi connectivity index (χ2v) is 4.59. The molecule has 2 nitrogen and oxygen atoms in total. The van der Waals surface area contributed by atoms with Gasteiger partial charge in [0, 0.05) is 18.9 Å². The fraction of sp³-hybridized carbons (Fsp3) is 0.909. The Bertz CT molecular complexity index is 202. The van der Waals surface area contributed by atoms with Crippen LogP contribution < -0.4 is 0 Å². The molecule has 0 aromatic carbocycles. The molecule has 2 heteroatoms. The Morgan fingerprint density at radius 3 is 2.77 bits per heavy atom. The maximum atomic E-state index is 11.3. The minimum Gasteiger partial charge on any atom is -0.303 e. The van der Waals surface area contributed by atoms with Gasteiger partial charge in [0.25, 0.3) is 0 Å². The zero-order valence-corrected chi connectivity index (χ0v) is 8.46. The molecule has 0 amide bonds. The molecule has 0 aromatic heterocycles. The number of nitrogens with zero attached hydrogens (tertiary/aromatic N) is 1. The normalized spacial score (nSPS) is 36.8. The average Bonchev–Trinajstić information content (AvgIpc) is 2.51. The van der Waals surface area contributed by atoms with Crippen molar-refractivity contribution in [1.29, 1.82) is 0 Å². The largest absolute Gasteiger partial charge is 0.303 e. The van der Waals surface area contributed by atoms with E-state index in [4.69, 9.17) is 0 Å². The second-order valence-electron chi connectivity index (χ2n) is 4.59. The fourth-order valence-corrected chi connectivity index (χ4v) is 2.92. The van der Waals surface area contributed by atoms with Crippen molar-refractivity contribution in [1.82, 2.24) is 4.90 Å². The molecular weight excluding hydrogens is 162 g/mol. The van der Waals surface area contributed by atoms with Gasteiger partial charge in [0.15, 0.2) is 0 Å². The van der Waals surface area contributed by atoms with Gasteiger partial charge < -0.3 is 4.90 Å². The summed E-state index contributed by atoms with van der Waals surface area (Å²) in [5.41, 5.74) is 0. The minimum atomic E-state index is 0.497. The Balaban J connectivity index is 1.95. The Hall–Kier alpha value is -0.370. The highest BCUT2D eigenvalue weighted by atomic mass is 16.1. The highest BCUT2D eigenvalue weighted by molar-refractivity contribution is 5.79. The van der Waals surface area contributed by atoms with Crippen LogP contribution in [0.3, 0.4) is 0 Å². The zero-order valence-electron chi connectivity index (χ0n) is 8.46. The van der Waals surface area contributed by atoms with Gasteiger partial charge in [0.2, 0.25) is 0 Å². The van der Waals surface area contributed by atoms with Crippen LogP contribution in [0.2, 0.25) is 0 Å². The highest BCUT2D eigenvalue weighted by Gasteiger charge is 2.32. The number of carbonyl (C=O) groups is 1. The molecular formula is C11H19NO.